The number of aromatic nitrogens is 1. The van der Waals surface area contributed by atoms with Crippen molar-refractivity contribution >= 4 is 16.8 Å². The topological polar surface area (TPSA) is 44.9 Å². The van der Waals surface area contributed by atoms with Crippen LogP contribution in [0.5, 0.6) is 0 Å². The van der Waals surface area contributed by atoms with Crippen molar-refractivity contribution in [3.05, 3.63) is 47.2 Å². The second-order valence-electron chi connectivity index (χ2n) is 8.51. The fraction of sp³-hybridized carbons (Fsp3) is 0.542. The number of H-pyrrole nitrogens is 1. The number of aromatic amines is 1. The molecule has 1 aromatic carbocycles. The summed E-state index contributed by atoms with van der Waals surface area (Å²) in [5, 5.41) is 4.50. The summed E-state index contributed by atoms with van der Waals surface area (Å²) in [4.78, 5) is 16.3. The van der Waals surface area contributed by atoms with Crippen LogP contribution in [0.2, 0.25) is 0 Å². The maximum atomic E-state index is 12.9. The van der Waals surface area contributed by atoms with Crippen molar-refractivity contribution in [2.45, 2.75) is 59.8 Å². The molecule has 3 atom stereocenters. The maximum absolute atomic E-state index is 12.9. The van der Waals surface area contributed by atoms with E-state index < -0.39 is 0 Å². The molecule has 0 spiro atoms. The Hall–Kier alpha value is -2.03. The van der Waals surface area contributed by atoms with E-state index in [1.807, 2.05) is 0 Å². The molecular formula is C24H34N2O. The van der Waals surface area contributed by atoms with Gasteiger partial charge < -0.3 is 10.3 Å². The summed E-state index contributed by atoms with van der Waals surface area (Å²) >= 11 is 0. The quantitative estimate of drug-likeness (QED) is 0.647. The first-order valence-corrected chi connectivity index (χ1v) is 10.5. The zero-order valence-corrected chi connectivity index (χ0v) is 17.3. The number of hydrogen-bond donors (Lipinski definition) is 2. The molecule has 0 radical (unpaired) electrons. The van der Waals surface area contributed by atoms with E-state index in [0.717, 1.165) is 19.3 Å². The molecule has 3 rings (SSSR count). The molecule has 3 heteroatoms. The third kappa shape index (κ3) is 4.82. The van der Waals surface area contributed by atoms with Crippen molar-refractivity contribution in [1.29, 1.82) is 0 Å². The van der Waals surface area contributed by atoms with Gasteiger partial charge in [0.25, 0.3) is 0 Å². The standard InChI is InChI=1S/C24H34N2O/c1-5-18-7-8-19(12-16(2)3)22(14-18)24(27)25-11-10-20-15-26-23-13-17(4)6-9-21(20)23/h6,9,12-13,15,18-19,22,26H,5,7-8,10-11,14H2,1-4H3,(H,25,27). The van der Waals surface area contributed by atoms with Gasteiger partial charge in [-0.15, -0.1) is 0 Å². The van der Waals surface area contributed by atoms with Gasteiger partial charge in [0.1, 0.15) is 0 Å². The Labute approximate surface area is 163 Å². The highest BCUT2D eigenvalue weighted by Gasteiger charge is 2.33. The van der Waals surface area contributed by atoms with Gasteiger partial charge in [-0.3, -0.25) is 4.79 Å². The summed E-state index contributed by atoms with van der Waals surface area (Å²) in [7, 11) is 0. The molecule has 27 heavy (non-hydrogen) atoms. The molecule has 1 amide bonds. The number of carbonyl (C=O) groups is 1. The molecular weight excluding hydrogens is 332 g/mol. The van der Waals surface area contributed by atoms with Gasteiger partial charge in [0.15, 0.2) is 0 Å². The average Bonchev–Trinajstić information content (AvgIpc) is 3.03. The number of hydrogen-bond acceptors (Lipinski definition) is 1. The molecule has 1 saturated carbocycles. The van der Waals surface area contributed by atoms with Crippen LogP contribution in [-0.2, 0) is 11.2 Å². The van der Waals surface area contributed by atoms with E-state index in [0.29, 0.717) is 18.4 Å². The van der Waals surface area contributed by atoms with Crippen molar-refractivity contribution in [3.8, 4) is 0 Å². The molecule has 1 aromatic heterocycles. The minimum atomic E-state index is 0.129. The number of carbonyl (C=O) groups excluding carboxylic acids is 1. The molecule has 3 nitrogen and oxygen atoms in total. The second-order valence-corrected chi connectivity index (χ2v) is 8.51. The lowest BCUT2D eigenvalue weighted by Gasteiger charge is -2.33. The van der Waals surface area contributed by atoms with Gasteiger partial charge in [0.05, 0.1) is 0 Å². The zero-order chi connectivity index (χ0) is 19.4. The van der Waals surface area contributed by atoms with Crippen molar-refractivity contribution in [2.75, 3.05) is 6.54 Å². The summed E-state index contributed by atoms with van der Waals surface area (Å²) < 4.78 is 0. The Balaban J connectivity index is 1.61. The van der Waals surface area contributed by atoms with Gasteiger partial charge in [-0.25, -0.2) is 0 Å². The van der Waals surface area contributed by atoms with Crippen LogP contribution in [0, 0.1) is 24.7 Å². The molecule has 2 aromatic rings. The maximum Gasteiger partial charge on any atom is 0.223 e. The minimum Gasteiger partial charge on any atom is -0.361 e. The molecule has 0 saturated heterocycles. The molecule has 0 aliphatic heterocycles. The molecule has 1 heterocycles. The predicted octanol–water partition coefficient (Wildman–Crippen LogP) is 5.54. The number of amides is 1. The Kier molecular flexibility index (Phi) is 6.41. The van der Waals surface area contributed by atoms with Crippen LogP contribution in [0.4, 0.5) is 0 Å². The van der Waals surface area contributed by atoms with Crippen LogP contribution < -0.4 is 5.32 Å². The minimum absolute atomic E-state index is 0.129. The predicted molar refractivity (Wildman–Crippen MR) is 114 cm³/mol. The molecule has 1 aliphatic rings. The fourth-order valence-electron chi connectivity index (χ4n) is 4.54. The van der Waals surface area contributed by atoms with Crippen LogP contribution in [0.15, 0.2) is 36.0 Å². The van der Waals surface area contributed by atoms with Crippen LogP contribution in [0.1, 0.15) is 57.6 Å². The largest absolute Gasteiger partial charge is 0.361 e. The zero-order valence-electron chi connectivity index (χ0n) is 17.3. The van der Waals surface area contributed by atoms with E-state index in [1.165, 1.54) is 40.4 Å². The highest BCUT2D eigenvalue weighted by Crippen LogP contribution is 2.37. The van der Waals surface area contributed by atoms with Crippen molar-refractivity contribution in [1.82, 2.24) is 10.3 Å². The van der Waals surface area contributed by atoms with E-state index in [9.17, 15) is 4.79 Å². The number of rotatable bonds is 6. The highest BCUT2D eigenvalue weighted by molar-refractivity contribution is 5.84. The van der Waals surface area contributed by atoms with Crippen LogP contribution in [0.25, 0.3) is 10.9 Å². The van der Waals surface area contributed by atoms with Gasteiger partial charge in [-0.1, -0.05) is 37.1 Å². The Morgan fingerprint density at radius 3 is 2.85 bits per heavy atom. The van der Waals surface area contributed by atoms with E-state index in [1.54, 1.807) is 0 Å². The summed E-state index contributed by atoms with van der Waals surface area (Å²) in [5.41, 5.74) is 5.04. The fourth-order valence-corrected chi connectivity index (χ4v) is 4.54. The van der Waals surface area contributed by atoms with Gasteiger partial charge in [0.2, 0.25) is 5.91 Å². The molecule has 2 N–H and O–H groups in total. The first-order valence-electron chi connectivity index (χ1n) is 10.5. The van der Waals surface area contributed by atoms with E-state index in [2.05, 4.69) is 68.5 Å². The van der Waals surface area contributed by atoms with Crippen molar-refractivity contribution in [3.63, 3.8) is 0 Å². The Morgan fingerprint density at radius 1 is 1.30 bits per heavy atom. The molecule has 1 aliphatic carbocycles. The molecule has 3 unspecified atom stereocenters. The first-order chi connectivity index (χ1) is 13.0. The lowest BCUT2D eigenvalue weighted by atomic mass is 9.72. The first kappa shape index (κ1) is 19.7. The SMILES string of the molecule is CCC1CCC(C=C(C)C)C(C(=O)NCCc2c[nH]c3cc(C)ccc23)C1. The molecule has 0 bridgehead atoms. The van der Waals surface area contributed by atoms with E-state index in [4.69, 9.17) is 0 Å². The van der Waals surface area contributed by atoms with Gasteiger partial charge in [0, 0.05) is 29.6 Å². The monoisotopic (exact) mass is 366 g/mol. The number of aryl methyl sites for hydroxylation is 1. The average molecular weight is 367 g/mol. The summed E-state index contributed by atoms with van der Waals surface area (Å²) in [5.74, 6) is 1.46. The van der Waals surface area contributed by atoms with Crippen LogP contribution >= 0.6 is 0 Å². The molecule has 146 valence electrons. The van der Waals surface area contributed by atoms with E-state index >= 15 is 0 Å². The third-order valence-electron chi connectivity index (χ3n) is 6.09. The van der Waals surface area contributed by atoms with Gasteiger partial charge in [-0.05, 0) is 75.5 Å². The molecule has 1 fully saturated rings. The van der Waals surface area contributed by atoms with E-state index in [-0.39, 0.29) is 11.8 Å². The number of allylic oxidation sites excluding steroid dienone is 2. The number of nitrogens with one attached hydrogen (secondary N) is 2. The summed E-state index contributed by atoms with van der Waals surface area (Å²) in [6.45, 7) is 9.34. The van der Waals surface area contributed by atoms with Crippen LogP contribution in [0.3, 0.4) is 0 Å². The van der Waals surface area contributed by atoms with Crippen molar-refractivity contribution < 1.29 is 4.79 Å². The van der Waals surface area contributed by atoms with Gasteiger partial charge >= 0.3 is 0 Å². The highest BCUT2D eigenvalue weighted by atomic mass is 16.1. The third-order valence-corrected chi connectivity index (χ3v) is 6.09. The lowest BCUT2D eigenvalue weighted by molar-refractivity contribution is -0.127. The summed E-state index contributed by atoms with van der Waals surface area (Å²) in [6.07, 6.45) is 9.87. The van der Waals surface area contributed by atoms with Crippen LogP contribution in [-0.4, -0.2) is 17.4 Å². The number of benzene rings is 1. The second kappa shape index (κ2) is 8.77. The Morgan fingerprint density at radius 2 is 2.11 bits per heavy atom. The van der Waals surface area contributed by atoms with Gasteiger partial charge in [-0.2, -0.15) is 0 Å². The normalized spacial score (nSPS) is 22.6. The van der Waals surface area contributed by atoms with Crippen molar-refractivity contribution in [2.24, 2.45) is 17.8 Å². The lowest BCUT2D eigenvalue weighted by Crippen LogP contribution is -2.39. The summed E-state index contributed by atoms with van der Waals surface area (Å²) in [6, 6.07) is 6.50. The number of fused-ring (bicyclic) bond motifs is 1. The smallest absolute Gasteiger partial charge is 0.223 e. The Bertz CT molecular complexity index is 813.